The van der Waals surface area contributed by atoms with E-state index in [0.29, 0.717) is 24.3 Å². The third kappa shape index (κ3) is 4.72. The van der Waals surface area contributed by atoms with Crippen LogP contribution in [0.2, 0.25) is 5.28 Å². The second-order valence-corrected chi connectivity index (χ2v) is 8.75. The topological polar surface area (TPSA) is 99.6 Å². The van der Waals surface area contributed by atoms with E-state index >= 15 is 0 Å². The maximum Gasteiger partial charge on any atom is 0.224 e. The molecule has 1 atom stereocenters. The molecular weight excluding hydrogens is 492 g/mol. The van der Waals surface area contributed by atoms with Crippen molar-refractivity contribution in [3.8, 4) is 0 Å². The molecule has 3 aromatic heterocycles. The fourth-order valence-corrected chi connectivity index (χ4v) is 4.34. The van der Waals surface area contributed by atoms with Crippen molar-refractivity contribution in [2.75, 3.05) is 0 Å². The Morgan fingerprint density at radius 3 is 2.81 bits per heavy atom. The largest absolute Gasteiger partial charge is 0.326 e. The Morgan fingerprint density at radius 1 is 1.28 bits per heavy atom. The van der Waals surface area contributed by atoms with E-state index in [4.69, 9.17) is 17.3 Å². The maximum absolute atomic E-state index is 12.7. The summed E-state index contributed by atoms with van der Waals surface area (Å²) in [5.74, 6) is -0.290. The van der Waals surface area contributed by atoms with Crippen molar-refractivity contribution in [3.05, 3.63) is 81.1 Å². The summed E-state index contributed by atoms with van der Waals surface area (Å²) >= 11 is 9.59. The number of nitrogens with zero attached hydrogens (tertiary/aromatic N) is 5. The van der Waals surface area contributed by atoms with Crippen molar-refractivity contribution in [3.63, 3.8) is 0 Å². The zero-order valence-corrected chi connectivity index (χ0v) is 19.8. The highest BCUT2D eigenvalue weighted by molar-refractivity contribution is 9.10. The Labute approximate surface area is 199 Å². The molecule has 1 unspecified atom stereocenters. The van der Waals surface area contributed by atoms with Crippen LogP contribution in [0.4, 0.5) is 0 Å². The monoisotopic (exact) mass is 512 g/mol. The highest BCUT2D eigenvalue weighted by Crippen LogP contribution is 2.39. The molecule has 2 N–H and O–H groups in total. The number of hydrogen-bond donors (Lipinski definition) is 1. The fraction of sp³-hybridized carbons (Fsp3) is 0.261. The number of carbonyl (C=O) groups is 1. The van der Waals surface area contributed by atoms with Gasteiger partial charge in [0.25, 0.3) is 0 Å². The van der Waals surface area contributed by atoms with Crippen LogP contribution in [0.1, 0.15) is 41.6 Å². The van der Waals surface area contributed by atoms with Gasteiger partial charge in [-0.1, -0.05) is 35.0 Å². The first-order valence-electron chi connectivity index (χ1n) is 10.3. The van der Waals surface area contributed by atoms with Gasteiger partial charge in [-0.15, -0.1) is 0 Å². The second-order valence-electron chi connectivity index (χ2n) is 7.49. The van der Waals surface area contributed by atoms with Crippen molar-refractivity contribution in [1.29, 1.82) is 0 Å². The Hall–Kier alpha value is -2.68. The normalized spacial score (nSPS) is 14.9. The molecule has 5 rings (SSSR count). The van der Waals surface area contributed by atoms with Crippen molar-refractivity contribution < 1.29 is 4.79 Å². The number of halogens is 2. The quantitative estimate of drug-likeness (QED) is 0.405. The number of benzene rings is 1. The van der Waals surface area contributed by atoms with Crippen LogP contribution >= 0.6 is 27.5 Å². The molecular formula is C23H22BrClN6O. The second kappa shape index (κ2) is 9.85. The number of rotatable bonds is 4. The van der Waals surface area contributed by atoms with E-state index in [0.717, 1.165) is 39.5 Å². The van der Waals surface area contributed by atoms with Gasteiger partial charge in [-0.25, -0.2) is 4.98 Å². The first kappa shape index (κ1) is 22.5. The van der Waals surface area contributed by atoms with Crippen LogP contribution in [-0.4, -0.2) is 30.5 Å². The molecule has 0 amide bonds. The van der Waals surface area contributed by atoms with Crippen LogP contribution in [0, 0.1) is 0 Å². The molecule has 32 heavy (non-hydrogen) atoms. The molecule has 0 saturated heterocycles. The van der Waals surface area contributed by atoms with Gasteiger partial charge in [-0.05, 0) is 52.9 Å². The van der Waals surface area contributed by atoms with Crippen LogP contribution in [0.15, 0.2) is 53.4 Å². The third-order valence-electron chi connectivity index (χ3n) is 5.22. The molecule has 1 aromatic carbocycles. The third-order valence-corrected chi connectivity index (χ3v) is 5.88. The number of hydrogen-bond acceptors (Lipinski definition) is 6. The summed E-state index contributed by atoms with van der Waals surface area (Å²) in [6, 6.07) is 9.76. The van der Waals surface area contributed by atoms with Crippen molar-refractivity contribution >= 4 is 44.3 Å². The summed E-state index contributed by atoms with van der Waals surface area (Å²) in [6.07, 6.45) is 6.79. The number of nitrogens with two attached hydrogens (primary N) is 1. The average Bonchev–Trinajstić information content (AvgIpc) is 3.33. The van der Waals surface area contributed by atoms with E-state index in [1.54, 1.807) is 12.4 Å². The molecule has 0 radical (unpaired) electrons. The summed E-state index contributed by atoms with van der Waals surface area (Å²) < 4.78 is 2.78. The van der Waals surface area contributed by atoms with Gasteiger partial charge in [0.15, 0.2) is 11.4 Å². The SMILES string of the molecule is CCCn1cc2c(C3C(=O)Cc4ccc(Br)cc43)nc(Cl)nc2n1.NCc1cccnc1. The molecule has 1 aliphatic carbocycles. The number of aromatic nitrogens is 5. The molecule has 0 spiro atoms. The predicted octanol–water partition coefficient (Wildman–Crippen LogP) is 4.45. The fourth-order valence-electron chi connectivity index (χ4n) is 3.79. The predicted molar refractivity (Wildman–Crippen MR) is 127 cm³/mol. The minimum atomic E-state index is -0.417. The number of fused-ring (bicyclic) bond motifs is 2. The Morgan fingerprint density at radius 2 is 2.12 bits per heavy atom. The van der Waals surface area contributed by atoms with E-state index in [1.807, 2.05) is 41.2 Å². The average molecular weight is 514 g/mol. The van der Waals surface area contributed by atoms with E-state index in [9.17, 15) is 4.79 Å². The molecule has 4 aromatic rings. The lowest BCUT2D eigenvalue weighted by Gasteiger charge is -2.11. The van der Waals surface area contributed by atoms with E-state index in [1.165, 1.54) is 0 Å². The highest BCUT2D eigenvalue weighted by atomic mass is 79.9. The first-order chi connectivity index (χ1) is 15.5. The summed E-state index contributed by atoms with van der Waals surface area (Å²) in [5, 5.41) is 5.37. The summed E-state index contributed by atoms with van der Waals surface area (Å²) in [4.78, 5) is 25.2. The molecule has 164 valence electrons. The van der Waals surface area contributed by atoms with Crippen molar-refractivity contribution in [1.82, 2.24) is 24.7 Å². The van der Waals surface area contributed by atoms with Crippen molar-refractivity contribution in [2.45, 2.75) is 38.8 Å². The van der Waals surface area contributed by atoms with Gasteiger partial charge in [-0.3, -0.25) is 14.5 Å². The van der Waals surface area contributed by atoms with E-state index < -0.39 is 5.92 Å². The van der Waals surface area contributed by atoms with Gasteiger partial charge >= 0.3 is 0 Å². The van der Waals surface area contributed by atoms with Crippen molar-refractivity contribution in [2.24, 2.45) is 5.73 Å². The van der Waals surface area contributed by atoms with Crippen LogP contribution in [-0.2, 0) is 24.3 Å². The lowest BCUT2D eigenvalue weighted by molar-refractivity contribution is -0.118. The number of ketones is 1. The van der Waals surface area contributed by atoms with E-state index in [2.05, 4.69) is 42.9 Å². The van der Waals surface area contributed by atoms with Gasteiger partial charge in [0.1, 0.15) is 0 Å². The first-order valence-corrected chi connectivity index (χ1v) is 11.5. The summed E-state index contributed by atoms with van der Waals surface area (Å²) in [7, 11) is 0. The van der Waals surface area contributed by atoms with Gasteiger partial charge in [0.05, 0.1) is 17.0 Å². The summed E-state index contributed by atoms with van der Waals surface area (Å²) in [5.41, 5.74) is 9.59. The van der Waals surface area contributed by atoms with Gasteiger partial charge in [0.2, 0.25) is 5.28 Å². The molecule has 0 aliphatic heterocycles. The smallest absolute Gasteiger partial charge is 0.224 e. The number of aryl methyl sites for hydroxylation is 1. The molecule has 7 nitrogen and oxygen atoms in total. The highest BCUT2D eigenvalue weighted by Gasteiger charge is 2.35. The minimum absolute atomic E-state index is 0.121. The standard InChI is InChI=1S/C17H14BrClN4O.C6H8N2/c1-2-5-23-8-12-15(20-17(19)21-16(12)22-23)14-11-7-10(18)4-3-9(11)6-13(14)24;7-4-6-2-1-3-8-5-6/h3-4,7-8,14H,2,5-6H2,1H3;1-3,5H,4,7H2. The minimum Gasteiger partial charge on any atom is -0.326 e. The van der Waals surface area contributed by atoms with Crippen LogP contribution in [0.25, 0.3) is 11.0 Å². The molecule has 0 bridgehead atoms. The number of carbonyl (C=O) groups excluding carboxylic acids is 1. The lowest BCUT2D eigenvalue weighted by Crippen LogP contribution is -2.11. The summed E-state index contributed by atoms with van der Waals surface area (Å²) in [6.45, 7) is 3.45. The zero-order valence-electron chi connectivity index (χ0n) is 17.5. The zero-order chi connectivity index (χ0) is 22.7. The number of Topliss-reactive ketones (excluding diaryl/α,β-unsaturated/α-hetero) is 1. The lowest BCUT2D eigenvalue weighted by atomic mass is 9.95. The maximum atomic E-state index is 12.7. The van der Waals surface area contributed by atoms with Gasteiger partial charge in [-0.2, -0.15) is 10.1 Å². The molecule has 3 heterocycles. The molecule has 0 saturated carbocycles. The molecule has 0 fully saturated rings. The molecule has 9 heteroatoms. The van der Waals surface area contributed by atoms with Gasteiger partial charge in [0, 0.05) is 42.6 Å². The van der Waals surface area contributed by atoms with Crippen LogP contribution in [0.3, 0.4) is 0 Å². The van der Waals surface area contributed by atoms with Crippen LogP contribution in [0.5, 0.6) is 0 Å². The molecule has 1 aliphatic rings. The Bertz CT molecular complexity index is 1260. The Kier molecular flexibility index (Phi) is 6.93. The number of pyridine rings is 1. The Balaban J connectivity index is 0.000000260. The van der Waals surface area contributed by atoms with E-state index in [-0.39, 0.29) is 11.1 Å². The van der Waals surface area contributed by atoms with Gasteiger partial charge < -0.3 is 5.73 Å². The van der Waals surface area contributed by atoms with Crippen LogP contribution < -0.4 is 5.73 Å².